The summed E-state index contributed by atoms with van der Waals surface area (Å²) in [6, 6.07) is 78.2. The Labute approximate surface area is 409 Å². The molecular formula is C64H38F2N6. The minimum absolute atomic E-state index is 0.410. The number of hydrogen-bond donors (Lipinski definition) is 0. The number of rotatable bonds is 6. The van der Waals surface area contributed by atoms with Crippen LogP contribution >= 0.6 is 0 Å². The normalized spacial score (nSPS) is 12.3. The maximum absolute atomic E-state index is 17.9. The van der Waals surface area contributed by atoms with Crippen LogP contribution in [0.5, 0.6) is 0 Å². The summed E-state index contributed by atoms with van der Waals surface area (Å²) in [5.74, 6) is -0.822. The molecule has 0 aliphatic carbocycles. The van der Waals surface area contributed by atoms with Gasteiger partial charge >= 0.3 is 0 Å². The van der Waals surface area contributed by atoms with Gasteiger partial charge in [0.1, 0.15) is 11.6 Å². The largest absolute Gasteiger partial charge is 0.233 e. The van der Waals surface area contributed by atoms with E-state index in [4.69, 9.17) is 0 Å². The van der Waals surface area contributed by atoms with Gasteiger partial charge in [-0.2, -0.15) is 10.2 Å². The van der Waals surface area contributed by atoms with Gasteiger partial charge in [-0.25, -0.2) is 27.5 Å². The first-order chi connectivity index (χ1) is 35.6. The van der Waals surface area contributed by atoms with Gasteiger partial charge in [-0.1, -0.05) is 170 Å². The Bertz CT molecular complexity index is 4190. The molecular weight excluding hydrogens is 891 g/mol. The fourth-order valence-corrected chi connectivity index (χ4v) is 12.2. The Morgan fingerprint density at radius 2 is 0.417 bits per heavy atom. The molecule has 12 aromatic carbocycles. The minimum atomic E-state index is -0.411. The van der Waals surface area contributed by atoms with E-state index in [-0.39, 0.29) is 0 Å². The van der Waals surface area contributed by atoms with Crippen molar-refractivity contribution >= 4 is 131 Å². The predicted octanol–water partition coefficient (Wildman–Crippen LogP) is 16.8. The summed E-state index contributed by atoms with van der Waals surface area (Å²) in [6.07, 6.45) is 0. The molecule has 6 nitrogen and oxygen atoms in total. The molecule has 0 aliphatic rings. The number of halogens is 2. The summed E-state index contributed by atoms with van der Waals surface area (Å²) >= 11 is 0. The van der Waals surface area contributed by atoms with Crippen molar-refractivity contribution in [1.82, 2.24) is 18.7 Å². The molecule has 0 aliphatic heterocycles. The SMILES string of the molecule is Fc1cc(N(n2c3ccccc3c3ccccc32)n2c3ccccc3c3ccccc32)c2ccc3c(F)cc(N(n4c5ccccc5c5ccccc54)n4c5ccccc5c5ccccc54)c4ccc1c2c34. The predicted molar refractivity (Wildman–Crippen MR) is 294 cm³/mol. The van der Waals surface area contributed by atoms with Crippen LogP contribution in [0.4, 0.5) is 20.2 Å². The van der Waals surface area contributed by atoms with Gasteiger partial charge in [0.15, 0.2) is 0 Å². The second-order valence-electron chi connectivity index (χ2n) is 18.8. The highest BCUT2D eigenvalue weighted by Gasteiger charge is 2.30. The third-order valence-corrected chi connectivity index (χ3v) is 15.2. The van der Waals surface area contributed by atoms with Crippen molar-refractivity contribution in [1.29, 1.82) is 0 Å². The van der Waals surface area contributed by atoms with Gasteiger partial charge < -0.3 is 0 Å². The molecule has 0 saturated heterocycles. The van der Waals surface area contributed by atoms with E-state index in [1.807, 2.05) is 24.3 Å². The number of para-hydroxylation sites is 8. The monoisotopic (exact) mass is 928 g/mol. The number of hydrogen-bond acceptors (Lipinski definition) is 2. The Kier molecular flexibility index (Phi) is 7.87. The van der Waals surface area contributed by atoms with Crippen molar-refractivity contribution in [3.63, 3.8) is 0 Å². The fourth-order valence-electron chi connectivity index (χ4n) is 12.2. The minimum Gasteiger partial charge on any atom is -0.233 e. The molecule has 16 rings (SSSR count). The van der Waals surface area contributed by atoms with Crippen molar-refractivity contribution in [2.45, 2.75) is 0 Å². The molecule has 0 N–H and O–H groups in total. The summed E-state index contributed by atoms with van der Waals surface area (Å²) in [6.45, 7) is 0. The van der Waals surface area contributed by atoms with Crippen LogP contribution in [0.25, 0.3) is 120 Å². The molecule has 0 spiro atoms. The summed E-state index contributed by atoms with van der Waals surface area (Å²) in [7, 11) is 0. The summed E-state index contributed by atoms with van der Waals surface area (Å²) in [5.41, 5.74) is 8.81. The number of aromatic nitrogens is 4. The average molecular weight is 929 g/mol. The highest BCUT2D eigenvalue weighted by atomic mass is 19.1. The van der Waals surface area contributed by atoms with E-state index in [2.05, 4.69) is 223 Å². The third kappa shape index (κ3) is 5.09. The first kappa shape index (κ1) is 39.2. The molecule has 0 radical (unpaired) electrons. The highest BCUT2D eigenvalue weighted by Crippen LogP contribution is 2.48. The standard InChI is InChI=1S/C64H38F2N6/c65-51-37-61(71(67-53-25-9-1-17-39(53)40-18-2-10-26-54(40)67)68-55-27-11-3-19-41(55)42-20-4-12-28-56(42)68)49-35-33-48-52(66)38-62(50-36-34-47(51)63(49)64(48)50)72(69-57-29-13-5-21-43(57)44-22-6-14-30-58(44)69)70-59-31-15-7-23-45(59)46-24-8-16-32-60(46)70/h1-38H. The topological polar surface area (TPSA) is 26.2 Å². The Hall–Kier alpha value is -9.66. The van der Waals surface area contributed by atoms with Gasteiger partial charge in [-0.05, 0) is 48.5 Å². The number of anilines is 2. The van der Waals surface area contributed by atoms with Gasteiger partial charge in [0.2, 0.25) is 0 Å². The molecule has 0 unspecified atom stereocenters. The third-order valence-electron chi connectivity index (χ3n) is 15.2. The molecule has 16 aromatic rings. The van der Waals surface area contributed by atoms with Gasteiger partial charge in [0.05, 0.1) is 55.5 Å². The maximum Gasteiger partial charge on any atom is 0.133 e. The first-order valence-corrected chi connectivity index (χ1v) is 24.3. The zero-order valence-corrected chi connectivity index (χ0v) is 38.4. The van der Waals surface area contributed by atoms with Crippen molar-refractivity contribution in [3.8, 4) is 0 Å². The lowest BCUT2D eigenvalue weighted by molar-refractivity contribution is 0.630. The summed E-state index contributed by atoms with van der Waals surface area (Å²) in [4.78, 5) is 0. The lowest BCUT2D eigenvalue weighted by Gasteiger charge is -2.33. The Morgan fingerprint density at radius 3 is 0.639 bits per heavy atom. The Morgan fingerprint density at radius 1 is 0.222 bits per heavy atom. The van der Waals surface area contributed by atoms with E-state index in [1.165, 1.54) is 0 Å². The molecule has 4 aromatic heterocycles. The molecule has 0 bridgehead atoms. The van der Waals surface area contributed by atoms with Gasteiger partial charge in [0, 0.05) is 87.5 Å². The van der Waals surface area contributed by atoms with E-state index in [1.54, 1.807) is 12.1 Å². The second-order valence-corrected chi connectivity index (χ2v) is 18.8. The fraction of sp³-hybridized carbons (Fsp3) is 0. The first-order valence-electron chi connectivity index (χ1n) is 24.3. The van der Waals surface area contributed by atoms with Crippen molar-refractivity contribution < 1.29 is 8.78 Å². The molecule has 338 valence electrons. The summed E-state index contributed by atoms with van der Waals surface area (Å²) in [5, 5.41) is 16.5. The molecule has 72 heavy (non-hydrogen) atoms. The lowest BCUT2D eigenvalue weighted by Crippen LogP contribution is -2.35. The van der Waals surface area contributed by atoms with Gasteiger partial charge in [0.25, 0.3) is 0 Å². The van der Waals surface area contributed by atoms with E-state index in [9.17, 15) is 0 Å². The molecule has 4 heterocycles. The van der Waals surface area contributed by atoms with E-state index in [0.29, 0.717) is 32.9 Å². The molecule has 0 saturated carbocycles. The maximum atomic E-state index is 17.9. The second kappa shape index (κ2) is 14.4. The van der Waals surface area contributed by atoms with Crippen LogP contribution in [-0.2, 0) is 0 Å². The summed E-state index contributed by atoms with van der Waals surface area (Å²) < 4.78 is 44.7. The van der Waals surface area contributed by atoms with E-state index >= 15 is 8.78 Å². The zero-order chi connectivity index (χ0) is 47.3. The smallest absolute Gasteiger partial charge is 0.133 e. The van der Waals surface area contributed by atoms with Crippen LogP contribution in [0.2, 0.25) is 0 Å². The number of fused-ring (bicyclic) bond motifs is 12. The highest BCUT2D eigenvalue weighted by molar-refractivity contribution is 6.28. The van der Waals surface area contributed by atoms with Crippen LogP contribution < -0.4 is 10.2 Å². The van der Waals surface area contributed by atoms with Crippen molar-refractivity contribution in [3.05, 3.63) is 242 Å². The van der Waals surface area contributed by atoms with E-state index < -0.39 is 11.6 Å². The van der Waals surface area contributed by atoms with Crippen LogP contribution in [0.15, 0.2) is 231 Å². The van der Waals surface area contributed by atoms with Crippen LogP contribution in [0.3, 0.4) is 0 Å². The zero-order valence-electron chi connectivity index (χ0n) is 38.4. The lowest BCUT2D eigenvalue weighted by atomic mass is 9.92. The molecule has 0 atom stereocenters. The number of nitrogens with zero attached hydrogens (tertiary/aromatic N) is 6. The molecule has 8 heteroatoms. The quantitative estimate of drug-likeness (QED) is 0.155. The van der Waals surface area contributed by atoms with Crippen molar-refractivity contribution in [2.24, 2.45) is 0 Å². The van der Waals surface area contributed by atoms with Crippen LogP contribution in [-0.4, -0.2) is 18.7 Å². The van der Waals surface area contributed by atoms with Gasteiger partial charge in [-0.15, -0.1) is 0 Å². The van der Waals surface area contributed by atoms with Crippen LogP contribution in [0.1, 0.15) is 0 Å². The number of benzene rings is 12. The van der Waals surface area contributed by atoms with Crippen LogP contribution in [0, 0.1) is 11.6 Å². The average Bonchev–Trinajstić information content (AvgIpc) is 4.16. The van der Waals surface area contributed by atoms with E-state index in [0.717, 1.165) is 98.0 Å². The molecule has 0 amide bonds. The van der Waals surface area contributed by atoms with Gasteiger partial charge in [-0.3, -0.25) is 0 Å². The Balaban J connectivity index is 1.07. The molecule has 0 fully saturated rings. The van der Waals surface area contributed by atoms with Crippen molar-refractivity contribution in [2.75, 3.05) is 10.2 Å².